The van der Waals surface area contributed by atoms with E-state index in [1.165, 1.54) is 13.8 Å². The normalized spacial score (nSPS) is 16.2. The molecule has 0 aliphatic heterocycles. The van der Waals surface area contributed by atoms with Gasteiger partial charge >= 0.3 is 0 Å². The average Bonchev–Trinajstić information content (AvgIpc) is 1.84. The van der Waals surface area contributed by atoms with E-state index in [1.54, 1.807) is 0 Å². The van der Waals surface area contributed by atoms with Crippen LogP contribution in [-0.2, 0) is 4.79 Å². The van der Waals surface area contributed by atoms with Gasteiger partial charge in [0, 0.05) is 11.8 Å². The lowest BCUT2D eigenvalue weighted by Crippen LogP contribution is -2.24. The summed E-state index contributed by atoms with van der Waals surface area (Å²) in [6.07, 6.45) is 0.591. The van der Waals surface area contributed by atoms with Crippen LogP contribution < -0.4 is 0 Å². The second-order valence-corrected chi connectivity index (χ2v) is 2.02. The first-order chi connectivity index (χ1) is 4.09. The maximum Gasteiger partial charge on any atom is 0.219 e. The molecule has 9 heavy (non-hydrogen) atoms. The van der Waals surface area contributed by atoms with Gasteiger partial charge in [0.1, 0.15) is 6.29 Å². The zero-order chi connectivity index (χ0) is 7.44. The zero-order valence-corrected chi connectivity index (χ0v) is 5.40. The molecule has 0 aliphatic carbocycles. The predicted octanol–water partition coefficient (Wildman–Crippen LogP) is 0.487. The molecule has 0 spiro atoms. The molecule has 0 aromatic rings. The number of nitrogens with zero attached hydrogens (tertiary/aromatic N) is 1. The van der Waals surface area contributed by atoms with Crippen LogP contribution in [0.4, 0.5) is 0 Å². The Hall–Kier alpha value is -0.930. The Labute approximate surface area is 53.0 Å². The number of rotatable bonds is 3. The maximum atomic E-state index is 9.95. The Kier molecular flexibility index (Phi) is 2.84. The van der Waals surface area contributed by atoms with Crippen LogP contribution in [-0.4, -0.2) is 17.3 Å². The average molecular weight is 131 g/mol. The van der Waals surface area contributed by atoms with Gasteiger partial charge in [-0.2, -0.15) is 0 Å². The molecule has 0 aromatic carbocycles. The highest BCUT2D eigenvalue weighted by Gasteiger charge is 2.20. The summed E-state index contributed by atoms with van der Waals surface area (Å²) in [5, 5.41) is 9.95. The molecule has 0 amide bonds. The summed E-state index contributed by atoms with van der Waals surface area (Å²) in [7, 11) is 0. The third-order valence-electron chi connectivity index (χ3n) is 1.31. The molecule has 2 atom stereocenters. The molecule has 0 heterocycles. The molecule has 0 saturated carbocycles. The van der Waals surface area contributed by atoms with E-state index in [0.717, 1.165) is 0 Å². The van der Waals surface area contributed by atoms with Gasteiger partial charge < -0.3 is 4.79 Å². The van der Waals surface area contributed by atoms with E-state index >= 15 is 0 Å². The molecular weight excluding hydrogens is 122 g/mol. The van der Waals surface area contributed by atoms with Gasteiger partial charge in [-0.25, -0.2) is 0 Å². The summed E-state index contributed by atoms with van der Waals surface area (Å²) < 4.78 is 0. The summed E-state index contributed by atoms with van der Waals surface area (Å²) >= 11 is 0. The van der Waals surface area contributed by atoms with Gasteiger partial charge in [-0.15, -0.1) is 0 Å². The minimum atomic E-state index is -0.762. The van der Waals surface area contributed by atoms with Crippen LogP contribution in [0.5, 0.6) is 0 Å². The third-order valence-corrected chi connectivity index (χ3v) is 1.31. The van der Waals surface area contributed by atoms with Crippen molar-refractivity contribution in [3.05, 3.63) is 10.1 Å². The van der Waals surface area contributed by atoms with Gasteiger partial charge in [0.05, 0.1) is 5.92 Å². The molecular formula is C5H9NO3. The van der Waals surface area contributed by atoms with Gasteiger partial charge in [0.25, 0.3) is 0 Å². The highest BCUT2D eigenvalue weighted by molar-refractivity contribution is 5.53. The van der Waals surface area contributed by atoms with Crippen LogP contribution in [0, 0.1) is 16.0 Å². The first-order valence-electron chi connectivity index (χ1n) is 2.68. The monoisotopic (exact) mass is 131 g/mol. The Morgan fingerprint density at radius 1 is 1.56 bits per heavy atom. The Balaban J connectivity index is 3.86. The van der Waals surface area contributed by atoms with Crippen molar-refractivity contribution in [2.24, 2.45) is 5.92 Å². The highest BCUT2D eigenvalue weighted by Crippen LogP contribution is 2.00. The van der Waals surface area contributed by atoms with E-state index in [9.17, 15) is 14.9 Å². The summed E-state index contributed by atoms with van der Waals surface area (Å²) in [5.74, 6) is -0.486. The predicted molar refractivity (Wildman–Crippen MR) is 31.7 cm³/mol. The van der Waals surface area contributed by atoms with Crippen molar-refractivity contribution in [2.45, 2.75) is 19.9 Å². The number of aldehydes is 1. The molecule has 0 fully saturated rings. The van der Waals surface area contributed by atoms with Crippen LogP contribution in [0.3, 0.4) is 0 Å². The zero-order valence-electron chi connectivity index (χ0n) is 5.40. The van der Waals surface area contributed by atoms with E-state index in [4.69, 9.17) is 0 Å². The lowest BCUT2D eigenvalue weighted by Gasteiger charge is -2.03. The number of nitro groups is 1. The number of hydrogen-bond donors (Lipinski definition) is 0. The fourth-order valence-corrected chi connectivity index (χ4v) is 0.306. The van der Waals surface area contributed by atoms with Gasteiger partial charge in [-0.05, 0) is 6.92 Å². The second kappa shape index (κ2) is 3.17. The van der Waals surface area contributed by atoms with Crippen LogP contribution in [0.1, 0.15) is 13.8 Å². The van der Waals surface area contributed by atoms with Crippen LogP contribution in [0.25, 0.3) is 0 Å². The fourth-order valence-electron chi connectivity index (χ4n) is 0.306. The van der Waals surface area contributed by atoms with Crippen molar-refractivity contribution in [3.63, 3.8) is 0 Å². The van der Waals surface area contributed by atoms with Crippen molar-refractivity contribution in [3.8, 4) is 0 Å². The van der Waals surface area contributed by atoms with E-state index in [2.05, 4.69) is 0 Å². The maximum absolute atomic E-state index is 9.95. The van der Waals surface area contributed by atoms with E-state index in [1.807, 2.05) is 0 Å². The molecule has 0 saturated heterocycles. The molecule has 52 valence electrons. The quantitative estimate of drug-likeness (QED) is 0.318. The Morgan fingerprint density at radius 2 is 2.00 bits per heavy atom. The molecule has 0 aliphatic rings. The first kappa shape index (κ1) is 8.07. The third kappa shape index (κ3) is 2.21. The Bertz CT molecular complexity index is 123. The van der Waals surface area contributed by atoms with Crippen LogP contribution in [0.2, 0.25) is 0 Å². The number of hydrogen-bond acceptors (Lipinski definition) is 3. The van der Waals surface area contributed by atoms with Crippen LogP contribution >= 0.6 is 0 Å². The van der Waals surface area contributed by atoms with E-state index < -0.39 is 16.9 Å². The standard InChI is InChI=1S/C5H9NO3/c1-4(3-7)5(2)6(8)9/h3-5H,1-2H3. The minimum absolute atomic E-state index is 0.459. The van der Waals surface area contributed by atoms with E-state index in [-0.39, 0.29) is 0 Å². The van der Waals surface area contributed by atoms with Gasteiger partial charge in [0.15, 0.2) is 0 Å². The molecule has 0 aromatic heterocycles. The second-order valence-electron chi connectivity index (χ2n) is 2.02. The molecule has 0 radical (unpaired) electrons. The SMILES string of the molecule is CC(C=O)C(C)[N+](=O)[O-]. The molecule has 4 heteroatoms. The van der Waals surface area contributed by atoms with Crippen molar-refractivity contribution >= 4 is 6.29 Å². The molecule has 2 unspecified atom stereocenters. The molecule has 0 bridgehead atoms. The topological polar surface area (TPSA) is 60.2 Å². The van der Waals surface area contributed by atoms with Crippen LogP contribution in [0.15, 0.2) is 0 Å². The largest absolute Gasteiger partial charge is 0.303 e. The van der Waals surface area contributed by atoms with Crippen molar-refractivity contribution < 1.29 is 9.72 Å². The first-order valence-corrected chi connectivity index (χ1v) is 2.68. The summed E-state index contributed by atoms with van der Waals surface area (Å²) in [4.78, 5) is 19.4. The van der Waals surface area contributed by atoms with Gasteiger partial charge in [-0.1, -0.05) is 0 Å². The number of carbonyl (C=O) groups is 1. The minimum Gasteiger partial charge on any atom is -0.303 e. The highest BCUT2D eigenvalue weighted by atomic mass is 16.6. The Morgan fingerprint density at radius 3 is 2.11 bits per heavy atom. The lowest BCUT2D eigenvalue weighted by atomic mass is 10.1. The van der Waals surface area contributed by atoms with Gasteiger partial charge in [0.2, 0.25) is 6.04 Å². The van der Waals surface area contributed by atoms with Gasteiger partial charge in [-0.3, -0.25) is 10.1 Å². The summed E-state index contributed by atoms with van der Waals surface area (Å²) in [6, 6.07) is -0.762. The van der Waals surface area contributed by atoms with E-state index in [0.29, 0.717) is 6.29 Å². The lowest BCUT2D eigenvalue weighted by molar-refractivity contribution is -0.523. The fraction of sp³-hybridized carbons (Fsp3) is 0.800. The molecule has 4 nitrogen and oxygen atoms in total. The van der Waals surface area contributed by atoms with Crippen molar-refractivity contribution in [2.75, 3.05) is 0 Å². The van der Waals surface area contributed by atoms with Crippen molar-refractivity contribution in [1.82, 2.24) is 0 Å². The molecule has 0 N–H and O–H groups in total. The number of carbonyl (C=O) groups excluding carboxylic acids is 1. The summed E-state index contributed by atoms with van der Waals surface area (Å²) in [5.41, 5.74) is 0. The smallest absolute Gasteiger partial charge is 0.219 e. The molecule has 0 rings (SSSR count). The summed E-state index contributed by atoms with van der Waals surface area (Å²) in [6.45, 7) is 2.94. The van der Waals surface area contributed by atoms with Crippen molar-refractivity contribution in [1.29, 1.82) is 0 Å².